The van der Waals surface area contributed by atoms with Gasteiger partial charge in [0.05, 0.1) is 33.5 Å². The molecule has 0 saturated heterocycles. The van der Waals surface area contributed by atoms with E-state index in [0.717, 1.165) is 74.7 Å². The van der Waals surface area contributed by atoms with Gasteiger partial charge in [-0.3, -0.25) is 9.59 Å². The molecule has 2 aromatic heterocycles. The maximum absolute atomic E-state index is 14.3. The van der Waals surface area contributed by atoms with Gasteiger partial charge in [0.2, 0.25) is 0 Å². The van der Waals surface area contributed by atoms with Crippen molar-refractivity contribution in [2.75, 3.05) is 6.54 Å². The highest BCUT2D eigenvalue weighted by atomic mass is 35.5. The molecule has 0 bridgehead atoms. The van der Waals surface area contributed by atoms with Crippen LogP contribution in [0.15, 0.2) is 97.1 Å². The number of pyridine rings is 2. The van der Waals surface area contributed by atoms with Gasteiger partial charge in [-0.1, -0.05) is 105 Å². The monoisotopic (exact) mass is 728 g/mol. The van der Waals surface area contributed by atoms with Crippen molar-refractivity contribution in [3.63, 3.8) is 0 Å². The Bertz CT molecular complexity index is 2340. The molecule has 2 heterocycles. The molecule has 2 N–H and O–H groups in total. The highest BCUT2D eigenvalue weighted by Gasteiger charge is 2.42. The van der Waals surface area contributed by atoms with Gasteiger partial charge in [-0.25, -0.2) is 9.97 Å². The average Bonchev–Trinajstić information content (AvgIpc) is 3.10. The molecule has 264 valence electrons. The van der Waals surface area contributed by atoms with Gasteiger partial charge in [0.15, 0.2) is 0 Å². The number of carbonyl (C=O) groups excluding carboxylic acids is 2. The van der Waals surface area contributed by atoms with Crippen LogP contribution in [0.5, 0.6) is 0 Å². The maximum atomic E-state index is 14.3. The summed E-state index contributed by atoms with van der Waals surface area (Å²) in [5, 5.41) is 9.67. The van der Waals surface area contributed by atoms with E-state index in [4.69, 9.17) is 33.2 Å². The quantitative estimate of drug-likeness (QED) is 0.171. The number of hydrogen-bond donors (Lipinski definition) is 2. The van der Waals surface area contributed by atoms with Crippen LogP contribution in [0.25, 0.3) is 44.3 Å². The fourth-order valence-corrected chi connectivity index (χ4v) is 8.74. The zero-order chi connectivity index (χ0) is 36.8. The van der Waals surface area contributed by atoms with Gasteiger partial charge >= 0.3 is 0 Å². The van der Waals surface area contributed by atoms with Gasteiger partial charge in [0, 0.05) is 44.5 Å². The third-order valence-corrected chi connectivity index (χ3v) is 10.9. The maximum Gasteiger partial charge on any atom is 0.252 e. The molecule has 7 rings (SSSR count). The fraction of sp³-hybridized carbons (Fsp3) is 0.273. The van der Waals surface area contributed by atoms with Gasteiger partial charge in [0.25, 0.3) is 11.8 Å². The minimum atomic E-state index is -0.269. The summed E-state index contributed by atoms with van der Waals surface area (Å²) in [7, 11) is 0. The van der Waals surface area contributed by atoms with E-state index < -0.39 is 0 Å². The van der Waals surface area contributed by atoms with Crippen molar-refractivity contribution < 1.29 is 9.59 Å². The smallest absolute Gasteiger partial charge is 0.252 e. The molecule has 1 aliphatic carbocycles. The SMILES string of the molecule is Cc1c(-c2ccc(Cl)cc2)nc2ccccc2c1C(=O)NCC1(C)CC(NC(=O)c2c(C)c(-c3ccc(Cl)cc3)nc3ccccc23)CC(C)(C)C1. The molecule has 1 aliphatic rings. The van der Waals surface area contributed by atoms with Gasteiger partial charge in [-0.05, 0) is 91.5 Å². The number of carbonyl (C=O) groups is 2. The fourth-order valence-electron chi connectivity index (χ4n) is 8.49. The molecule has 6 nitrogen and oxygen atoms in total. The van der Waals surface area contributed by atoms with Crippen LogP contribution in [0.3, 0.4) is 0 Å². The van der Waals surface area contributed by atoms with Crippen LogP contribution in [-0.2, 0) is 0 Å². The standard InChI is InChI=1S/C44H42Cl2N4O2/c1-26-37(33-10-6-8-12-35(33)49-39(26)28-14-18-30(45)19-15-28)41(51)47-25-44(5)23-32(22-43(3,4)24-44)48-42(52)38-27(2)40(29-16-20-31(46)21-17-29)50-36-13-9-7-11-34(36)38/h6-21,32H,22-25H2,1-5H3,(H,47,51)(H,48,52). The first kappa shape index (κ1) is 35.6. The first-order valence-corrected chi connectivity index (χ1v) is 18.5. The van der Waals surface area contributed by atoms with E-state index in [1.54, 1.807) is 0 Å². The van der Waals surface area contributed by atoms with E-state index >= 15 is 0 Å². The minimum Gasteiger partial charge on any atom is -0.351 e. The van der Waals surface area contributed by atoms with Crippen molar-refractivity contribution in [1.82, 2.24) is 20.6 Å². The molecule has 52 heavy (non-hydrogen) atoms. The van der Waals surface area contributed by atoms with E-state index in [1.807, 2.05) is 111 Å². The number of amides is 2. The number of nitrogens with zero attached hydrogens (tertiary/aromatic N) is 2. The van der Waals surface area contributed by atoms with Crippen molar-refractivity contribution in [1.29, 1.82) is 0 Å². The number of para-hydroxylation sites is 2. The molecule has 0 aliphatic heterocycles. The lowest BCUT2D eigenvalue weighted by molar-refractivity contribution is 0.0592. The topological polar surface area (TPSA) is 84.0 Å². The lowest BCUT2D eigenvalue weighted by Gasteiger charge is -2.47. The Morgan fingerprint density at radius 3 is 1.63 bits per heavy atom. The molecular weight excluding hydrogens is 687 g/mol. The Labute approximate surface area is 315 Å². The Morgan fingerprint density at radius 2 is 1.13 bits per heavy atom. The number of rotatable bonds is 7. The minimum absolute atomic E-state index is 0.0689. The van der Waals surface area contributed by atoms with Crippen LogP contribution < -0.4 is 10.6 Å². The van der Waals surface area contributed by atoms with Crippen LogP contribution >= 0.6 is 23.2 Å². The number of aromatic nitrogens is 2. The third kappa shape index (κ3) is 7.15. The number of fused-ring (bicyclic) bond motifs is 2. The zero-order valence-electron chi connectivity index (χ0n) is 30.1. The van der Waals surface area contributed by atoms with Gasteiger partial charge in [-0.15, -0.1) is 0 Å². The second kappa shape index (κ2) is 14.0. The molecule has 1 saturated carbocycles. The summed E-state index contributed by atoms with van der Waals surface area (Å²) in [4.78, 5) is 38.4. The van der Waals surface area contributed by atoms with Crippen molar-refractivity contribution >= 4 is 56.8 Å². The summed E-state index contributed by atoms with van der Waals surface area (Å²) in [6, 6.07) is 30.6. The van der Waals surface area contributed by atoms with E-state index in [-0.39, 0.29) is 28.7 Å². The Balaban J connectivity index is 1.15. The highest BCUT2D eigenvalue weighted by Crippen LogP contribution is 2.46. The second-order valence-corrected chi connectivity index (χ2v) is 16.3. The summed E-state index contributed by atoms with van der Waals surface area (Å²) < 4.78 is 0. The molecule has 0 radical (unpaired) electrons. The van der Waals surface area contributed by atoms with Crippen LogP contribution in [-0.4, -0.2) is 34.4 Å². The Kier molecular flexibility index (Phi) is 9.58. The lowest BCUT2D eigenvalue weighted by atomic mass is 9.62. The van der Waals surface area contributed by atoms with E-state index in [2.05, 4.69) is 31.4 Å². The van der Waals surface area contributed by atoms with Crippen molar-refractivity contribution in [3.8, 4) is 22.5 Å². The van der Waals surface area contributed by atoms with Crippen molar-refractivity contribution in [2.24, 2.45) is 10.8 Å². The van der Waals surface area contributed by atoms with Gasteiger partial charge < -0.3 is 10.6 Å². The predicted octanol–water partition coefficient (Wildman–Crippen LogP) is 10.8. The molecule has 8 heteroatoms. The lowest BCUT2D eigenvalue weighted by Crippen LogP contribution is -2.50. The molecule has 2 amide bonds. The summed E-state index contributed by atoms with van der Waals surface area (Å²) in [6.45, 7) is 11.1. The largest absolute Gasteiger partial charge is 0.351 e. The molecule has 4 aromatic carbocycles. The second-order valence-electron chi connectivity index (χ2n) is 15.4. The first-order valence-electron chi connectivity index (χ1n) is 17.7. The van der Waals surface area contributed by atoms with Crippen molar-refractivity contribution in [2.45, 2.75) is 59.9 Å². The Morgan fingerprint density at radius 1 is 0.673 bits per heavy atom. The number of nitrogens with one attached hydrogen (secondary N) is 2. The highest BCUT2D eigenvalue weighted by molar-refractivity contribution is 6.31. The molecule has 6 aromatic rings. The summed E-state index contributed by atoms with van der Waals surface area (Å²) >= 11 is 12.4. The summed E-state index contributed by atoms with van der Waals surface area (Å²) in [5.41, 5.74) is 7.39. The average molecular weight is 730 g/mol. The van der Waals surface area contributed by atoms with Crippen LogP contribution in [0, 0.1) is 24.7 Å². The molecule has 1 fully saturated rings. The van der Waals surface area contributed by atoms with Gasteiger partial charge in [-0.2, -0.15) is 0 Å². The van der Waals surface area contributed by atoms with Crippen LogP contribution in [0.4, 0.5) is 0 Å². The molecular formula is C44H42Cl2N4O2. The molecule has 0 spiro atoms. The predicted molar refractivity (Wildman–Crippen MR) is 213 cm³/mol. The van der Waals surface area contributed by atoms with Crippen LogP contribution in [0.1, 0.15) is 71.9 Å². The summed E-state index contributed by atoms with van der Waals surface area (Å²) in [5.74, 6) is -0.251. The zero-order valence-corrected chi connectivity index (χ0v) is 31.6. The Hall–Kier alpha value is -4.78. The van der Waals surface area contributed by atoms with E-state index in [1.165, 1.54) is 0 Å². The number of halogens is 2. The van der Waals surface area contributed by atoms with E-state index in [9.17, 15) is 9.59 Å². The summed E-state index contributed by atoms with van der Waals surface area (Å²) in [6.07, 6.45) is 2.45. The molecule has 2 atom stereocenters. The van der Waals surface area contributed by atoms with Gasteiger partial charge in [0.1, 0.15) is 0 Å². The van der Waals surface area contributed by atoms with E-state index in [0.29, 0.717) is 27.7 Å². The number of hydrogen-bond acceptors (Lipinski definition) is 4. The van der Waals surface area contributed by atoms with Crippen molar-refractivity contribution in [3.05, 3.63) is 129 Å². The normalized spacial score (nSPS) is 18.3. The molecule has 2 unspecified atom stereocenters. The van der Waals surface area contributed by atoms with Crippen LogP contribution in [0.2, 0.25) is 10.0 Å². The first-order chi connectivity index (χ1) is 24.8. The third-order valence-electron chi connectivity index (χ3n) is 10.4. The number of benzene rings is 4.